The van der Waals surface area contributed by atoms with Gasteiger partial charge in [0.1, 0.15) is 5.75 Å². The molecular weight excluding hydrogens is 269 g/mol. The Balaban J connectivity index is 2.80. The van der Waals surface area contributed by atoms with Crippen LogP contribution in [0.15, 0.2) is 36.5 Å². The molecule has 3 nitrogen and oxygen atoms in total. The average Bonchev–Trinajstić information content (AvgIpc) is 2.28. The number of benzene rings is 1. The highest BCUT2D eigenvalue weighted by Crippen LogP contribution is 2.26. The van der Waals surface area contributed by atoms with Crippen LogP contribution in [0.3, 0.4) is 0 Å². The number of halogens is 3. The largest absolute Gasteiger partial charge is 0.573 e. The second-order valence-corrected chi connectivity index (χ2v) is 4.81. The highest BCUT2D eigenvalue weighted by Gasteiger charge is 2.31. The fourth-order valence-electron chi connectivity index (χ4n) is 1.72. The minimum atomic E-state index is -4.68. The lowest BCUT2D eigenvalue weighted by Crippen LogP contribution is -2.30. The van der Waals surface area contributed by atoms with Crippen molar-refractivity contribution in [1.82, 2.24) is 5.32 Å². The van der Waals surface area contributed by atoms with E-state index in [0.717, 1.165) is 5.56 Å². The molecule has 0 heterocycles. The Morgan fingerprint density at radius 1 is 1.30 bits per heavy atom. The van der Waals surface area contributed by atoms with E-state index in [4.69, 9.17) is 5.73 Å². The van der Waals surface area contributed by atoms with E-state index in [1.54, 1.807) is 12.1 Å². The molecular formula is C14H19F3N2O. The van der Waals surface area contributed by atoms with Crippen LogP contribution in [0.4, 0.5) is 13.2 Å². The van der Waals surface area contributed by atoms with Crippen molar-refractivity contribution in [2.45, 2.75) is 32.2 Å². The van der Waals surface area contributed by atoms with Crippen LogP contribution in [0.5, 0.6) is 5.75 Å². The number of rotatable bonds is 6. The third-order valence-corrected chi connectivity index (χ3v) is 2.69. The van der Waals surface area contributed by atoms with Gasteiger partial charge in [0, 0.05) is 24.2 Å². The van der Waals surface area contributed by atoms with Gasteiger partial charge in [-0.05, 0) is 17.7 Å². The second kappa shape index (κ2) is 6.65. The van der Waals surface area contributed by atoms with Crippen LogP contribution in [0.1, 0.15) is 25.3 Å². The summed E-state index contributed by atoms with van der Waals surface area (Å²) in [5.41, 5.74) is 7.00. The average molecular weight is 288 g/mol. The molecule has 0 spiro atoms. The SMILES string of the molecule is C=C(N)[C@H](CNC(C)C)c1ccc(OC(F)(F)F)cc1. The lowest BCUT2D eigenvalue weighted by molar-refractivity contribution is -0.274. The zero-order valence-electron chi connectivity index (χ0n) is 11.5. The van der Waals surface area contributed by atoms with Gasteiger partial charge in [-0.2, -0.15) is 0 Å². The van der Waals surface area contributed by atoms with Gasteiger partial charge in [0.15, 0.2) is 0 Å². The standard InChI is InChI=1S/C14H19F3N2O/c1-9(2)19-8-13(10(3)18)11-4-6-12(7-5-11)20-14(15,16)17/h4-7,9,13,19H,3,8,18H2,1-2H3/t13-/m0/s1. The van der Waals surface area contributed by atoms with E-state index in [1.807, 2.05) is 13.8 Å². The molecule has 0 radical (unpaired) electrons. The summed E-state index contributed by atoms with van der Waals surface area (Å²) in [7, 11) is 0. The first-order valence-corrected chi connectivity index (χ1v) is 6.22. The Labute approximate surface area is 116 Å². The van der Waals surface area contributed by atoms with E-state index in [0.29, 0.717) is 12.2 Å². The predicted molar refractivity (Wildman–Crippen MR) is 72.3 cm³/mol. The number of nitrogens with two attached hydrogens (primary N) is 1. The summed E-state index contributed by atoms with van der Waals surface area (Å²) in [4.78, 5) is 0. The van der Waals surface area contributed by atoms with E-state index in [1.165, 1.54) is 12.1 Å². The maximum atomic E-state index is 12.1. The molecule has 112 valence electrons. The van der Waals surface area contributed by atoms with Gasteiger partial charge in [0.2, 0.25) is 0 Å². The van der Waals surface area contributed by atoms with Crippen LogP contribution in [0, 0.1) is 0 Å². The van der Waals surface area contributed by atoms with Crippen molar-refractivity contribution in [2.75, 3.05) is 6.54 Å². The van der Waals surface area contributed by atoms with E-state index in [9.17, 15) is 13.2 Å². The van der Waals surface area contributed by atoms with Crippen LogP contribution in [-0.2, 0) is 0 Å². The third kappa shape index (κ3) is 5.52. The highest BCUT2D eigenvalue weighted by molar-refractivity contribution is 5.33. The maximum Gasteiger partial charge on any atom is 0.573 e. The third-order valence-electron chi connectivity index (χ3n) is 2.69. The topological polar surface area (TPSA) is 47.3 Å². The van der Waals surface area contributed by atoms with Gasteiger partial charge < -0.3 is 15.8 Å². The predicted octanol–water partition coefficient (Wildman–Crippen LogP) is 3.14. The summed E-state index contributed by atoms with van der Waals surface area (Å²) in [5.74, 6) is -0.406. The zero-order valence-corrected chi connectivity index (χ0v) is 11.5. The number of alkyl halides is 3. The van der Waals surface area contributed by atoms with Gasteiger partial charge >= 0.3 is 6.36 Å². The first-order chi connectivity index (χ1) is 9.19. The van der Waals surface area contributed by atoms with Crippen molar-refractivity contribution in [3.05, 3.63) is 42.1 Å². The van der Waals surface area contributed by atoms with E-state index in [2.05, 4.69) is 16.6 Å². The summed E-state index contributed by atoms with van der Waals surface area (Å²) in [6.07, 6.45) is -4.68. The van der Waals surface area contributed by atoms with Crippen LogP contribution < -0.4 is 15.8 Å². The monoisotopic (exact) mass is 288 g/mol. The molecule has 1 aromatic rings. The van der Waals surface area contributed by atoms with Gasteiger partial charge in [-0.1, -0.05) is 32.6 Å². The molecule has 3 N–H and O–H groups in total. The number of hydrogen-bond donors (Lipinski definition) is 2. The molecule has 0 amide bonds. The summed E-state index contributed by atoms with van der Waals surface area (Å²) in [6, 6.07) is 5.95. The molecule has 0 unspecified atom stereocenters. The molecule has 1 aromatic carbocycles. The van der Waals surface area contributed by atoms with Crippen LogP contribution in [0.2, 0.25) is 0 Å². The van der Waals surface area contributed by atoms with Gasteiger partial charge in [-0.25, -0.2) is 0 Å². The van der Waals surface area contributed by atoms with E-state index >= 15 is 0 Å². The van der Waals surface area contributed by atoms with Gasteiger partial charge in [-0.3, -0.25) is 0 Å². The van der Waals surface area contributed by atoms with E-state index in [-0.39, 0.29) is 17.7 Å². The number of nitrogens with one attached hydrogen (secondary N) is 1. The molecule has 0 bridgehead atoms. The molecule has 0 aliphatic heterocycles. The maximum absolute atomic E-state index is 12.1. The molecule has 0 saturated heterocycles. The Kier molecular flexibility index (Phi) is 5.44. The highest BCUT2D eigenvalue weighted by atomic mass is 19.4. The smallest absolute Gasteiger partial charge is 0.406 e. The molecule has 20 heavy (non-hydrogen) atoms. The molecule has 0 aliphatic rings. The quantitative estimate of drug-likeness (QED) is 0.845. The minimum Gasteiger partial charge on any atom is -0.406 e. The Morgan fingerprint density at radius 2 is 1.85 bits per heavy atom. The number of hydrogen-bond acceptors (Lipinski definition) is 3. The summed E-state index contributed by atoms with van der Waals surface area (Å²) < 4.78 is 40.0. The fourth-order valence-corrected chi connectivity index (χ4v) is 1.72. The van der Waals surface area contributed by atoms with Crippen LogP contribution in [0.25, 0.3) is 0 Å². The van der Waals surface area contributed by atoms with Crippen molar-refractivity contribution < 1.29 is 17.9 Å². The normalized spacial score (nSPS) is 13.3. The van der Waals surface area contributed by atoms with Crippen molar-refractivity contribution in [3.8, 4) is 5.75 Å². The van der Waals surface area contributed by atoms with Crippen molar-refractivity contribution in [2.24, 2.45) is 5.73 Å². The Bertz CT molecular complexity index is 441. The zero-order chi connectivity index (χ0) is 15.3. The lowest BCUT2D eigenvalue weighted by Gasteiger charge is -2.20. The van der Waals surface area contributed by atoms with Gasteiger partial charge in [0.05, 0.1) is 0 Å². The molecule has 0 saturated carbocycles. The number of ether oxygens (including phenoxy) is 1. The van der Waals surface area contributed by atoms with Gasteiger partial charge in [-0.15, -0.1) is 13.2 Å². The minimum absolute atomic E-state index is 0.155. The van der Waals surface area contributed by atoms with E-state index < -0.39 is 6.36 Å². The first-order valence-electron chi connectivity index (χ1n) is 6.22. The second-order valence-electron chi connectivity index (χ2n) is 4.81. The van der Waals surface area contributed by atoms with Gasteiger partial charge in [0.25, 0.3) is 0 Å². The van der Waals surface area contributed by atoms with Crippen LogP contribution in [-0.4, -0.2) is 18.9 Å². The molecule has 0 aromatic heterocycles. The molecule has 1 rings (SSSR count). The first kappa shape index (κ1) is 16.4. The summed E-state index contributed by atoms with van der Waals surface area (Å²) in [6.45, 7) is 8.29. The molecule has 6 heteroatoms. The fraction of sp³-hybridized carbons (Fsp3) is 0.429. The van der Waals surface area contributed by atoms with Crippen molar-refractivity contribution in [3.63, 3.8) is 0 Å². The van der Waals surface area contributed by atoms with Crippen LogP contribution >= 0.6 is 0 Å². The summed E-state index contributed by atoms with van der Waals surface area (Å²) in [5, 5.41) is 3.23. The van der Waals surface area contributed by atoms with Crippen molar-refractivity contribution >= 4 is 0 Å². The summed E-state index contributed by atoms with van der Waals surface area (Å²) >= 11 is 0. The molecule has 1 atom stereocenters. The molecule has 0 aliphatic carbocycles. The lowest BCUT2D eigenvalue weighted by atomic mass is 9.96. The Morgan fingerprint density at radius 3 is 2.25 bits per heavy atom. The molecule has 0 fully saturated rings. The van der Waals surface area contributed by atoms with Crippen molar-refractivity contribution in [1.29, 1.82) is 0 Å². The Hall–Kier alpha value is -1.69.